The summed E-state index contributed by atoms with van der Waals surface area (Å²) in [5, 5.41) is 0. The molecule has 1 aromatic rings. The first-order chi connectivity index (χ1) is 14.4. The number of ether oxygens (including phenoxy) is 2. The molecule has 2 atom stereocenters. The number of unbranched alkanes of at least 4 members (excludes halogenated alkanes) is 2. The van der Waals surface area contributed by atoms with Crippen molar-refractivity contribution in [2.24, 2.45) is 0 Å². The topological polar surface area (TPSA) is 61.8 Å². The van der Waals surface area contributed by atoms with Crippen molar-refractivity contribution in [3.05, 3.63) is 47.5 Å². The summed E-state index contributed by atoms with van der Waals surface area (Å²) in [6, 6.07) is 13.3. The first-order valence-electron chi connectivity index (χ1n) is 11.2. The Labute approximate surface area is 181 Å². The van der Waals surface area contributed by atoms with Gasteiger partial charge >= 0.3 is 11.9 Å². The van der Waals surface area contributed by atoms with E-state index in [4.69, 9.17) is 13.9 Å². The first-order valence-corrected chi connectivity index (χ1v) is 13.8. The van der Waals surface area contributed by atoms with Gasteiger partial charge in [-0.2, -0.15) is 0 Å². The second-order valence-corrected chi connectivity index (χ2v) is 12.7. The molecule has 2 rings (SSSR count). The molecular formula is C24H36O5Si. The highest BCUT2D eigenvalue weighted by Crippen LogP contribution is 2.32. The zero-order chi connectivity index (χ0) is 22.0. The van der Waals surface area contributed by atoms with Crippen LogP contribution in [0.3, 0.4) is 0 Å². The standard InChI is InChI=1S/C24H36O5Si/c1-5-30(6-2,7-3)29-24-21(18-23(26)28-24)22(27-19(4)25)17-13-9-12-16-20-14-10-8-11-15-20/h8,10-11,14-15,18,22,24H,5-7,9,12-13,16-17H2,1-4H3. The van der Waals surface area contributed by atoms with Crippen LogP contribution in [0.1, 0.15) is 58.9 Å². The minimum Gasteiger partial charge on any atom is -0.458 e. The van der Waals surface area contributed by atoms with Crippen LogP contribution in [0.4, 0.5) is 0 Å². The van der Waals surface area contributed by atoms with Gasteiger partial charge in [-0.1, -0.05) is 57.5 Å². The predicted molar refractivity (Wildman–Crippen MR) is 120 cm³/mol. The van der Waals surface area contributed by atoms with E-state index in [2.05, 4.69) is 45.0 Å². The second kappa shape index (κ2) is 12.1. The average Bonchev–Trinajstić information content (AvgIpc) is 3.11. The molecule has 166 valence electrons. The predicted octanol–water partition coefficient (Wildman–Crippen LogP) is 5.55. The molecule has 0 aromatic heterocycles. The van der Waals surface area contributed by atoms with E-state index < -0.39 is 26.7 Å². The van der Waals surface area contributed by atoms with Crippen LogP contribution in [-0.4, -0.2) is 32.6 Å². The van der Waals surface area contributed by atoms with E-state index in [0.29, 0.717) is 12.0 Å². The summed E-state index contributed by atoms with van der Waals surface area (Å²) >= 11 is 0. The van der Waals surface area contributed by atoms with Crippen molar-refractivity contribution in [1.82, 2.24) is 0 Å². The van der Waals surface area contributed by atoms with Crippen molar-refractivity contribution in [2.75, 3.05) is 0 Å². The summed E-state index contributed by atoms with van der Waals surface area (Å²) in [5.41, 5.74) is 1.99. The molecule has 0 radical (unpaired) electrons. The fraction of sp³-hybridized carbons (Fsp3) is 0.583. The first kappa shape index (κ1) is 24.3. The van der Waals surface area contributed by atoms with Crippen LogP contribution >= 0.6 is 0 Å². The third-order valence-corrected chi connectivity index (χ3v) is 10.6. The molecule has 1 aliphatic heterocycles. The molecule has 1 heterocycles. The van der Waals surface area contributed by atoms with Gasteiger partial charge in [0.2, 0.25) is 6.29 Å². The number of benzene rings is 1. The molecule has 2 unspecified atom stereocenters. The van der Waals surface area contributed by atoms with Gasteiger partial charge in [0, 0.05) is 18.6 Å². The number of carbonyl (C=O) groups is 2. The van der Waals surface area contributed by atoms with Crippen LogP contribution < -0.4 is 0 Å². The van der Waals surface area contributed by atoms with Gasteiger partial charge in [0.1, 0.15) is 6.10 Å². The lowest BCUT2D eigenvalue weighted by atomic mass is 10.0. The number of hydrogen-bond donors (Lipinski definition) is 0. The molecule has 1 aliphatic rings. The van der Waals surface area contributed by atoms with Crippen molar-refractivity contribution in [1.29, 1.82) is 0 Å². The van der Waals surface area contributed by atoms with Crippen LogP contribution in [0, 0.1) is 0 Å². The summed E-state index contributed by atoms with van der Waals surface area (Å²) in [4.78, 5) is 23.8. The Balaban J connectivity index is 1.98. The largest absolute Gasteiger partial charge is 0.458 e. The van der Waals surface area contributed by atoms with Gasteiger partial charge in [0.25, 0.3) is 0 Å². The lowest BCUT2D eigenvalue weighted by molar-refractivity contribution is -0.152. The van der Waals surface area contributed by atoms with Gasteiger partial charge in [-0.3, -0.25) is 4.79 Å². The molecular weight excluding hydrogens is 396 g/mol. The Morgan fingerprint density at radius 3 is 2.33 bits per heavy atom. The summed E-state index contributed by atoms with van der Waals surface area (Å²) in [7, 11) is -1.98. The average molecular weight is 433 g/mol. The Hall–Kier alpha value is -1.92. The van der Waals surface area contributed by atoms with E-state index in [1.165, 1.54) is 18.6 Å². The summed E-state index contributed by atoms with van der Waals surface area (Å²) in [6.07, 6.45) is 4.96. The molecule has 0 spiro atoms. The quantitative estimate of drug-likeness (QED) is 0.232. The Morgan fingerprint density at radius 1 is 1.07 bits per heavy atom. The van der Waals surface area contributed by atoms with E-state index in [9.17, 15) is 9.59 Å². The highest BCUT2D eigenvalue weighted by Gasteiger charge is 2.40. The number of cyclic esters (lactones) is 1. The molecule has 0 N–H and O–H groups in total. The highest BCUT2D eigenvalue weighted by atomic mass is 28.4. The van der Waals surface area contributed by atoms with Crippen LogP contribution in [0.25, 0.3) is 0 Å². The minimum atomic E-state index is -1.98. The number of rotatable bonds is 13. The van der Waals surface area contributed by atoms with Gasteiger partial charge in [-0.25, -0.2) is 4.79 Å². The van der Waals surface area contributed by atoms with Crippen molar-refractivity contribution in [2.45, 2.75) is 90.3 Å². The third kappa shape index (κ3) is 7.09. The maximum Gasteiger partial charge on any atom is 0.333 e. The van der Waals surface area contributed by atoms with Crippen LogP contribution in [0.15, 0.2) is 42.0 Å². The monoisotopic (exact) mass is 432 g/mol. The molecule has 0 aliphatic carbocycles. The van der Waals surface area contributed by atoms with E-state index in [1.807, 2.05) is 6.07 Å². The van der Waals surface area contributed by atoms with E-state index >= 15 is 0 Å². The molecule has 30 heavy (non-hydrogen) atoms. The maximum atomic E-state index is 12.0. The van der Waals surface area contributed by atoms with Crippen molar-refractivity contribution >= 4 is 20.3 Å². The van der Waals surface area contributed by atoms with Gasteiger partial charge in [0.15, 0.2) is 8.32 Å². The number of esters is 2. The lowest BCUT2D eigenvalue weighted by Gasteiger charge is -2.33. The SMILES string of the molecule is CC[Si](CC)(CC)OC1OC(=O)C=C1C(CCCCCc1ccccc1)OC(C)=O. The zero-order valence-corrected chi connectivity index (χ0v) is 19.8. The second-order valence-electron chi connectivity index (χ2n) is 7.96. The fourth-order valence-electron chi connectivity index (χ4n) is 3.95. The molecule has 0 fully saturated rings. The zero-order valence-electron chi connectivity index (χ0n) is 18.8. The van der Waals surface area contributed by atoms with Gasteiger partial charge in [-0.15, -0.1) is 0 Å². The number of carbonyl (C=O) groups excluding carboxylic acids is 2. The lowest BCUT2D eigenvalue weighted by Crippen LogP contribution is -2.42. The van der Waals surface area contributed by atoms with Crippen LogP contribution in [0.5, 0.6) is 0 Å². The normalized spacial score (nSPS) is 17.4. The molecule has 0 bridgehead atoms. The van der Waals surface area contributed by atoms with Crippen molar-refractivity contribution in [3.8, 4) is 0 Å². The number of hydrogen-bond acceptors (Lipinski definition) is 5. The molecule has 0 saturated heterocycles. The molecule has 0 saturated carbocycles. The third-order valence-electron chi connectivity index (χ3n) is 6.02. The Morgan fingerprint density at radius 2 is 1.73 bits per heavy atom. The molecule has 6 heteroatoms. The summed E-state index contributed by atoms with van der Waals surface area (Å²) in [5.74, 6) is -0.768. The Bertz CT molecular complexity index is 703. The Kier molecular flexibility index (Phi) is 9.79. The fourth-order valence-corrected chi connectivity index (χ4v) is 6.59. The van der Waals surface area contributed by atoms with E-state index in [-0.39, 0.29) is 5.97 Å². The maximum absolute atomic E-state index is 12.0. The minimum absolute atomic E-state index is 0.353. The van der Waals surface area contributed by atoms with Gasteiger partial charge in [-0.05, 0) is 49.4 Å². The van der Waals surface area contributed by atoms with Crippen LogP contribution in [-0.2, 0) is 29.9 Å². The van der Waals surface area contributed by atoms with E-state index in [0.717, 1.165) is 43.8 Å². The highest BCUT2D eigenvalue weighted by molar-refractivity contribution is 6.73. The summed E-state index contributed by atoms with van der Waals surface area (Å²) < 4.78 is 17.5. The van der Waals surface area contributed by atoms with Gasteiger partial charge < -0.3 is 13.9 Å². The van der Waals surface area contributed by atoms with E-state index in [1.54, 1.807) is 0 Å². The van der Waals surface area contributed by atoms with Crippen molar-refractivity contribution < 1.29 is 23.5 Å². The number of aryl methyl sites for hydroxylation is 1. The summed E-state index contributed by atoms with van der Waals surface area (Å²) in [6.45, 7) is 7.81. The van der Waals surface area contributed by atoms with Gasteiger partial charge in [0.05, 0.1) is 0 Å². The smallest absolute Gasteiger partial charge is 0.333 e. The molecule has 5 nitrogen and oxygen atoms in total. The van der Waals surface area contributed by atoms with Crippen molar-refractivity contribution in [3.63, 3.8) is 0 Å². The molecule has 0 amide bonds. The molecule has 1 aromatic carbocycles. The van der Waals surface area contributed by atoms with Crippen LogP contribution in [0.2, 0.25) is 18.1 Å².